The average Bonchev–Trinajstić information content (AvgIpc) is 2.71. The molecule has 0 aromatic heterocycles. The van der Waals surface area contributed by atoms with Gasteiger partial charge in [-0.25, -0.2) is 0 Å². The summed E-state index contributed by atoms with van der Waals surface area (Å²) in [6.45, 7) is 2.80. The van der Waals surface area contributed by atoms with Gasteiger partial charge in [-0.2, -0.15) is 0 Å². The molecule has 3 rings (SSSR count). The maximum atomic E-state index is 11.6. The lowest BCUT2D eigenvalue weighted by molar-refractivity contribution is 0.100. The Bertz CT molecular complexity index is 735. The Morgan fingerprint density at radius 2 is 1.19 bits per heavy atom. The van der Waals surface area contributed by atoms with Crippen LogP contribution in [0.2, 0.25) is 0 Å². The molecule has 0 fully saturated rings. The molecule has 0 bridgehead atoms. The second-order valence-electron chi connectivity index (χ2n) is 5.34. The molecule has 0 heterocycles. The summed E-state index contributed by atoms with van der Waals surface area (Å²) in [6, 6.07) is 6.46. The van der Waals surface area contributed by atoms with E-state index in [1.54, 1.807) is 24.3 Å². The van der Waals surface area contributed by atoms with Gasteiger partial charge < -0.3 is 10.2 Å². The van der Waals surface area contributed by atoms with Gasteiger partial charge in [-0.1, -0.05) is 0 Å². The number of ketones is 2. The Balaban J connectivity index is 2.25. The van der Waals surface area contributed by atoms with Gasteiger partial charge in [0.25, 0.3) is 0 Å². The molecular weight excluding hydrogens is 268 g/mol. The first-order valence-electron chi connectivity index (χ1n) is 6.62. The molecule has 0 aliphatic heterocycles. The van der Waals surface area contributed by atoms with Crippen molar-refractivity contribution in [2.45, 2.75) is 20.3 Å². The van der Waals surface area contributed by atoms with Crippen molar-refractivity contribution < 1.29 is 19.8 Å². The van der Waals surface area contributed by atoms with E-state index in [0.29, 0.717) is 6.42 Å². The Hall–Kier alpha value is -2.62. The van der Waals surface area contributed by atoms with Gasteiger partial charge in [0.1, 0.15) is 11.5 Å². The third-order valence-corrected chi connectivity index (χ3v) is 3.87. The van der Waals surface area contributed by atoms with Gasteiger partial charge in [0, 0.05) is 0 Å². The van der Waals surface area contributed by atoms with Gasteiger partial charge in [-0.3, -0.25) is 9.59 Å². The van der Waals surface area contributed by atoms with Crippen molar-refractivity contribution in [2.24, 2.45) is 0 Å². The van der Waals surface area contributed by atoms with Crippen LogP contribution in [0.5, 0.6) is 11.5 Å². The summed E-state index contributed by atoms with van der Waals surface area (Å²) in [7, 11) is 0. The molecule has 2 aromatic rings. The Morgan fingerprint density at radius 1 is 0.810 bits per heavy atom. The topological polar surface area (TPSA) is 74.6 Å². The number of phenols is 2. The van der Waals surface area contributed by atoms with Gasteiger partial charge in [-0.15, -0.1) is 0 Å². The number of aromatic hydroxyl groups is 2. The van der Waals surface area contributed by atoms with Crippen molar-refractivity contribution in [3.8, 4) is 22.6 Å². The van der Waals surface area contributed by atoms with Gasteiger partial charge in [-0.05, 0) is 66.8 Å². The maximum absolute atomic E-state index is 11.6. The summed E-state index contributed by atoms with van der Waals surface area (Å²) in [5, 5.41) is 19.8. The van der Waals surface area contributed by atoms with Crippen molar-refractivity contribution in [3.63, 3.8) is 0 Å². The first kappa shape index (κ1) is 13.4. The van der Waals surface area contributed by atoms with Crippen LogP contribution >= 0.6 is 0 Å². The molecule has 106 valence electrons. The molecule has 0 amide bonds. The minimum Gasteiger partial charge on any atom is -0.507 e. The number of rotatable bonds is 2. The van der Waals surface area contributed by atoms with E-state index in [4.69, 9.17) is 0 Å². The highest BCUT2D eigenvalue weighted by atomic mass is 16.3. The quantitative estimate of drug-likeness (QED) is 0.708. The molecule has 0 radical (unpaired) electrons. The van der Waals surface area contributed by atoms with Crippen molar-refractivity contribution in [1.29, 1.82) is 0 Å². The minimum atomic E-state index is -0.214. The van der Waals surface area contributed by atoms with E-state index >= 15 is 0 Å². The van der Waals surface area contributed by atoms with Crippen LogP contribution < -0.4 is 0 Å². The van der Waals surface area contributed by atoms with Crippen LogP contribution in [-0.4, -0.2) is 21.8 Å². The predicted molar refractivity (Wildman–Crippen MR) is 78.0 cm³/mol. The van der Waals surface area contributed by atoms with E-state index in [-0.39, 0.29) is 34.2 Å². The highest BCUT2D eigenvalue weighted by Crippen LogP contribution is 2.42. The lowest BCUT2D eigenvalue weighted by Crippen LogP contribution is -1.95. The second kappa shape index (κ2) is 4.45. The number of phenolic OH excluding ortho intramolecular Hbond substituents is 2. The number of carbonyl (C=O) groups is 2. The minimum absolute atomic E-state index is 0.0370. The fourth-order valence-electron chi connectivity index (χ4n) is 2.83. The predicted octanol–water partition coefficient (Wildman–Crippen LogP) is 3.07. The summed E-state index contributed by atoms with van der Waals surface area (Å²) in [5.74, 6) is -0.501. The first-order chi connectivity index (χ1) is 9.88. The molecule has 0 saturated heterocycles. The molecular formula is C17H14O4. The van der Waals surface area contributed by atoms with E-state index in [9.17, 15) is 19.8 Å². The molecule has 1 aliphatic rings. The van der Waals surface area contributed by atoms with E-state index in [0.717, 1.165) is 22.3 Å². The molecule has 0 spiro atoms. The highest BCUT2D eigenvalue weighted by Gasteiger charge is 2.24. The molecule has 2 aromatic carbocycles. The van der Waals surface area contributed by atoms with E-state index in [1.165, 1.54) is 13.8 Å². The third kappa shape index (κ3) is 2.00. The first-order valence-corrected chi connectivity index (χ1v) is 6.62. The normalized spacial score (nSPS) is 11.9. The molecule has 4 heteroatoms. The molecule has 21 heavy (non-hydrogen) atoms. The molecule has 4 nitrogen and oxygen atoms in total. The van der Waals surface area contributed by atoms with Crippen molar-refractivity contribution in [3.05, 3.63) is 46.5 Å². The maximum Gasteiger partial charge on any atom is 0.163 e. The van der Waals surface area contributed by atoms with E-state index in [1.807, 2.05) is 0 Å². The van der Waals surface area contributed by atoms with Crippen LogP contribution in [0.3, 0.4) is 0 Å². The van der Waals surface area contributed by atoms with Gasteiger partial charge in [0.2, 0.25) is 0 Å². The van der Waals surface area contributed by atoms with Gasteiger partial charge in [0.15, 0.2) is 11.6 Å². The zero-order valence-electron chi connectivity index (χ0n) is 11.7. The van der Waals surface area contributed by atoms with Gasteiger partial charge in [0.05, 0.1) is 11.1 Å². The standard InChI is InChI=1S/C17H14O4/c1-8(18)12-6-14-10(4-16(12)20)3-11-5-17(21)13(9(2)19)7-15(11)14/h4-7,20-21H,3H2,1-2H3. The Kier molecular flexibility index (Phi) is 2.83. The summed E-state index contributed by atoms with van der Waals surface area (Å²) in [5.41, 5.74) is 3.95. The van der Waals surface area contributed by atoms with Gasteiger partial charge >= 0.3 is 0 Å². The van der Waals surface area contributed by atoms with Crippen molar-refractivity contribution in [1.82, 2.24) is 0 Å². The van der Waals surface area contributed by atoms with Crippen LogP contribution in [0.25, 0.3) is 11.1 Å². The summed E-state index contributed by atoms with van der Waals surface area (Å²) in [6.07, 6.45) is 0.558. The monoisotopic (exact) mass is 282 g/mol. The Labute approximate surface area is 121 Å². The fraction of sp³-hybridized carbons (Fsp3) is 0.176. The van der Waals surface area contributed by atoms with Crippen LogP contribution in [-0.2, 0) is 6.42 Å². The highest BCUT2D eigenvalue weighted by molar-refractivity contribution is 6.01. The zero-order chi connectivity index (χ0) is 15.3. The smallest absolute Gasteiger partial charge is 0.163 e. The second-order valence-corrected chi connectivity index (χ2v) is 5.34. The SMILES string of the molecule is CC(=O)c1cc2c(cc1O)Cc1cc(O)c(C(C)=O)cc1-2. The van der Waals surface area contributed by atoms with Crippen LogP contribution in [0.1, 0.15) is 45.7 Å². The fourth-order valence-corrected chi connectivity index (χ4v) is 2.83. The van der Waals surface area contributed by atoms with Crippen LogP contribution in [0.4, 0.5) is 0 Å². The molecule has 0 atom stereocenters. The van der Waals surface area contributed by atoms with E-state index in [2.05, 4.69) is 0 Å². The molecule has 1 aliphatic carbocycles. The lowest BCUT2D eigenvalue weighted by atomic mass is 9.98. The summed E-state index contributed by atoms with van der Waals surface area (Å²) >= 11 is 0. The number of hydrogen-bond donors (Lipinski definition) is 2. The van der Waals surface area contributed by atoms with Crippen molar-refractivity contribution >= 4 is 11.6 Å². The van der Waals surface area contributed by atoms with E-state index < -0.39 is 0 Å². The Morgan fingerprint density at radius 3 is 1.52 bits per heavy atom. The summed E-state index contributed by atoms with van der Waals surface area (Å²) < 4.78 is 0. The zero-order valence-corrected chi connectivity index (χ0v) is 11.7. The van der Waals surface area contributed by atoms with Crippen LogP contribution in [0, 0.1) is 0 Å². The number of Topliss-reactive ketones (excluding diaryl/α,β-unsaturated/α-hetero) is 2. The summed E-state index contributed by atoms with van der Waals surface area (Å²) in [4.78, 5) is 23.1. The van der Waals surface area contributed by atoms with Crippen molar-refractivity contribution in [2.75, 3.05) is 0 Å². The number of hydrogen-bond acceptors (Lipinski definition) is 4. The van der Waals surface area contributed by atoms with Crippen LogP contribution in [0.15, 0.2) is 24.3 Å². The molecule has 0 saturated carbocycles. The average molecular weight is 282 g/mol. The third-order valence-electron chi connectivity index (χ3n) is 3.87. The lowest BCUT2D eigenvalue weighted by Gasteiger charge is -2.08. The number of fused-ring (bicyclic) bond motifs is 3. The molecule has 2 N–H and O–H groups in total. The number of benzene rings is 2. The largest absolute Gasteiger partial charge is 0.507 e. The number of carbonyl (C=O) groups excluding carboxylic acids is 2. The molecule has 0 unspecified atom stereocenters.